The zero-order valence-electron chi connectivity index (χ0n) is 10.9. The number of nitrogens with one attached hydrogen (secondary N) is 2. The zero-order valence-corrected chi connectivity index (χ0v) is 13.1. The minimum atomic E-state index is -0.620. The highest BCUT2D eigenvalue weighted by molar-refractivity contribution is 14.1. The van der Waals surface area contributed by atoms with Crippen molar-refractivity contribution in [1.29, 1.82) is 0 Å². The summed E-state index contributed by atoms with van der Waals surface area (Å²) in [6.07, 6.45) is 0. The molecule has 2 aromatic carbocycles. The molecule has 4 nitrogen and oxygen atoms in total. The van der Waals surface area contributed by atoms with Crippen LogP contribution in [-0.2, 0) is 4.79 Å². The molecule has 2 rings (SSSR count). The van der Waals surface area contributed by atoms with Crippen LogP contribution in [-0.4, -0.2) is 18.4 Å². The maximum absolute atomic E-state index is 13.4. The number of amides is 2. The summed E-state index contributed by atoms with van der Waals surface area (Å²) in [4.78, 5) is 23.5. The Morgan fingerprint density at radius 1 is 1.10 bits per heavy atom. The SMILES string of the molecule is O=C(CNC(=O)c1ccccc1F)Nc1cccc(I)c1. The highest BCUT2D eigenvalue weighted by Crippen LogP contribution is 2.12. The Morgan fingerprint density at radius 3 is 2.57 bits per heavy atom. The molecule has 21 heavy (non-hydrogen) atoms. The summed E-state index contributed by atoms with van der Waals surface area (Å²) in [5, 5.41) is 5.03. The van der Waals surface area contributed by atoms with Gasteiger partial charge in [0.15, 0.2) is 0 Å². The predicted molar refractivity (Wildman–Crippen MR) is 86.5 cm³/mol. The van der Waals surface area contributed by atoms with E-state index in [2.05, 4.69) is 33.2 Å². The topological polar surface area (TPSA) is 58.2 Å². The van der Waals surface area contributed by atoms with E-state index < -0.39 is 11.7 Å². The number of halogens is 2. The third-order valence-electron chi connectivity index (χ3n) is 2.64. The summed E-state index contributed by atoms with van der Waals surface area (Å²) >= 11 is 2.13. The first-order valence-electron chi connectivity index (χ1n) is 6.14. The van der Waals surface area contributed by atoms with Crippen molar-refractivity contribution >= 4 is 40.1 Å². The number of rotatable bonds is 4. The lowest BCUT2D eigenvalue weighted by atomic mass is 10.2. The Balaban J connectivity index is 1.90. The molecule has 6 heteroatoms. The van der Waals surface area contributed by atoms with Gasteiger partial charge in [-0.3, -0.25) is 9.59 Å². The lowest BCUT2D eigenvalue weighted by Crippen LogP contribution is -2.33. The number of hydrogen-bond acceptors (Lipinski definition) is 2. The minimum absolute atomic E-state index is 0.0837. The molecule has 108 valence electrons. The van der Waals surface area contributed by atoms with Crippen molar-refractivity contribution in [3.05, 3.63) is 63.5 Å². The van der Waals surface area contributed by atoms with Crippen LogP contribution in [0.15, 0.2) is 48.5 Å². The van der Waals surface area contributed by atoms with E-state index in [0.717, 1.165) is 3.57 Å². The van der Waals surface area contributed by atoms with Crippen molar-refractivity contribution in [2.45, 2.75) is 0 Å². The van der Waals surface area contributed by atoms with Crippen molar-refractivity contribution in [2.75, 3.05) is 11.9 Å². The van der Waals surface area contributed by atoms with E-state index in [9.17, 15) is 14.0 Å². The Bertz CT molecular complexity index is 676. The average Bonchev–Trinajstić information content (AvgIpc) is 2.45. The normalized spacial score (nSPS) is 10.0. The second-order valence-electron chi connectivity index (χ2n) is 4.22. The van der Waals surface area contributed by atoms with Crippen molar-refractivity contribution in [3.63, 3.8) is 0 Å². The molecule has 2 N–H and O–H groups in total. The number of carbonyl (C=O) groups is 2. The van der Waals surface area contributed by atoms with E-state index in [1.165, 1.54) is 18.2 Å². The standard InChI is InChI=1S/C15H12FIN2O2/c16-13-7-2-1-6-12(13)15(21)18-9-14(20)19-11-5-3-4-10(17)8-11/h1-8H,9H2,(H,18,21)(H,19,20). The highest BCUT2D eigenvalue weighted by atomic mass is 127. The molecule has 0 atom stereocenters. The maximum atomic E-state index is 13.4. The summed E-state index contributed by atoms with van der Waals surface area (Å²) in [6, 6.07) is 12.9. The van der Waals surface area contributed by atoms with Gasteiger partial charge in [-0.05, 0) is 52.9 Å². The lowest BCUT2D eigenvalue weighted by molar-refractivity contribution is -0.115. The van der Waals surface area contributed by atoms with E-state index in [-0.39, 0.29) is 18.0 Å². The van der Waals surface area contributed by atoms with Gasteiger partial charge < -0.3 is 10.6 Å². The molecule has 2 aromatic rings. The first-order valence-corrected chi connectivity index (χ1v) is 7.22. The quantitative estimate of drug-likeness (QED) is 0.779. The van der Waals surface area contributed by atoms with Gasteiger partial charge in [0.25, 0.3) is 5.91 Å². The molecular formula is C15H12FIN2O2. The molecule has 0 aromatic heterocycles. The minimum Gasteiger partial charge on any atom is -0.343 e. The first kappa shape index (κ1) is 15.4. The number of benzene rings is 2. The second-order valence-corrected chi connectivity index (χ2v) is 5.47. The van der Waals surface area contributed by atoms with Crippen molar-refractivity contribution < 1.29 is 14.0 Å². The van der Waals surface area contributed by atoms with E-state index in [1.807, 2.05) is 12.1 Å². The fourth-order valence-electron chi connectivity index (χ4n) is 1.67. The second kappa shape index (κ2) is 7.16. The molecule has 2 amide bonds. The number of anilines is 1. The Hall–Kier alpha value is -1.96. The third-order valence-corrected chi connectivity index (χ3v) is 3.31. The van der Waals surface area contributed by atoms with E-state index >= 15 is 0 Å². The van der Waals surface area contributed by atoms with Crippen LogP contribution in [0.25, 0.3) is 0 Å². The molecule has 0 aliphatic rings. The lowest BCUT2D eigenvalue weighted by Gasteiger charge is -2.07. The Morgan fingerprint density at radius 2 is 1.86 bits per heavy atom. The van der Waals surface area contributed by atoms with Gasteiger partial charge in [0.05, 0.1) is 12.1 Å². The predicted octanol–water partition coefficient (Wildman–Crippen LogP) is 2.80. The summed E-state index contributed by atoms with van der Waals surface area (Å²) in [6.45, 7) is -0.224. The molecule has 0 saturated carbocycles. The molecule has 0 fully saturated rings. The average molecular weight is 398 g/mol. The largest absolute Gasteiger partial charge is 0.343 e. The number of hydrogen-bond donors (Lipinski definition) is 2. The molecular weight excluding hydrogens is 386 g/mol. The zero-order chi connectivity index (χ0) is 15.2. The monoisotopic (exact) mass is 398 g/mol. The van der Waals surface area contributed by atoms with Crippen LogP contribution in [0.4, 0.5) is 10.1 Å². The van der Waals surface area contributed by atoms with Gasteiger partial charge >= 0.3 is 0 Å². The number of carbonyl (C=O) groups excluding carboxylic acids is 2. The van der Waals surface area contributed by atoms with E-state index in [4.69, 9.17) is 0 Å². The summed E-state index contributed by atoms with van der Waals surface area (Å²) in [5.41, 5.74) is 0.562. The van der Waals surface area contributed by atoms with Gasteiger partial charge in [0.1, 0.15) is 5.82 Å². The van der Waals surface area contributed by atoms with Gasteiger partial charge in [-0.1, -0.05) is 18.2 Å². The van der Waals surface area contributed by atoms with Crippen molar-refractivity contribution in [1.82, 2.24) is 5.32 Å². The van der Waals surface area contributed by atoms with Gasteiger partial charge in [0.2, 0.25) is 5.91 Å². The van der Waals surface area contributed by atoms with Crippen LogP contribution in [0.5, 0.6) is 0 Å². The van der Waals surface area contributed by atoms with Gasteiger partial charge in [-0.15, -0.1) is 0 Å². The smallest absolute Gasteiger partial charge is 0.254 e. The molecule has 0 saturated heterocycles. The van der Waals surface area contributed by atoms with Crippen molar-refractivity contribution in [2.24, 2.45) is 0 Å². The molecule has 0 unspecified atom stereocenters. The van der Waals surface area contributed by atoms with Crippen LogP contribution in [0.2, 0.25) is 0 Å². The molecule has 0 bridgehead atoms. The van der Waals surface area contributed by atoms with Crippen LogP contribution in [0.1, 0.15) is 10.4 Å². The van der Waals surface area contributed by atoms with Crippen LogP contribution >= 0.6 is 22.6 Å². The van der Waals surface area contributed by atoms with Crippen LogP contribution in [0, 0.1) is 9.39 Å². The summed E-state index contributed by atoms with van der Waals surface area (Å²) in [7, 11) is 0. The van der Waals surface area contributed by atoms with Gasteiger partial charge in [-0.2, -0.15) is 0 Å². The Kier molecular flexibility index (Phi) is 5.26. The van der Waals surface area contributed by atoms with Crippen LogP contribution in [0.3, 0.4) is 0 Å². The summed E-state index contributed by atoms with van der Waals surface area (Å²) in [5.74, 6) is -1.61. The summed E-state index contributed by atoms with van der Waals surface area (Å²) < 4.78 is 14.4. The molecule has 0 aliphatic carbocycles. The van der Waals surface area contributed by atoms with Crippen molar-refractivity contribution in [3.8, 4) is 0 Å². The van der Waals surface area contributed by atoms with E-state index in [0.29, 0.717) is 5.69 Å². The molecule has 0 spiro atoms. The van der Waals surface area contributed by atoms with Gasteiger partial charge in [-0.25, -0.2) is 4.39 Å². The maximum Gasteiger partial charge on any atom is 0.254 e. The molecule has 0 aliphatic heterocycles. The van der Waals surface area contributed by atoms with Gasteiger partial charge in [0, 0.05) is 9.26 Å². The van der Waals surface area contributed by atoms with E-state index in [1.54, 1.807) is 18.2 Å². The van der Waals surface area contributed by atoms with Crippen LogP contribution < -0.4 is 10.6 Å². The highest BCUT2D eigenvalue weighted by Gasteiger charge is 2.12. The first-order chi connectivity index (χ1) is 10.1. The Labute approximate surface area is 134 Å². The fraction of sp³-hybridized carbons (Fsp3) is 0.0667. The molecule has 0 radical (unpaired) electrons. The fourth-order valence-corrected chi connectivity index (χ4v) is 2.22. The third kappa shape index (κ3) is 4.52. The molecule has 0 heterocycles.